The molecule has 0 saturated carbocycles. The van der Waals surface area contributed by atoms with E-state index in [-0.39, 0.29) is 5.25 Å². The van der Waals surface area contributed by atoms with Gasteiger partial charge in [-0.3, -0.25) is 4.57 Å². The fraction of sp³-hybridized carbons (Fsp3) is 0.192. The highest BCUT2D eigenvalue weighted by Crippen LogP contribution is 2.35. The number of rotatable bonds is 9. The molecule has 0 N–H and O–H groups in total. The van der Waals surface area contributed by atoms with Crippen molar-refractivity contribution in [3.8, 4) is 17.1 Å². The highest BCUT2D eigenvalue weighted by atomic mass is 32.2. The van der Waals surface area contributed by atoms with Crippen molar-refractivity contribution in [3.05, 3.63) is 102 Å². The van der Waals surface area contributed by atoms with Crippen LogP contribution >= 0.6 is 11.8 Å². The Labute approximate surface area is 208 Å². The van der Waals surface area contributed by atoms with E-state index in [4.69, 9.17) is 4.74 Å². The quantitative estimate of drug-likeness (QED) is 0.270. The molecule has 3 aromatic carbocycles. The molecule has 0 aliphatic carbocycles. The number of ether oxygens (including phenoxy) is 1. The first-order chi connectivity index (χ1) is 17.2. The van der Waals surface area contributed by atoms with Crippen molar-refractivity contribution in [2.75, 3.05) is 6.61 Å². The molecule has 2 heterocycles. The summed E-state index contributed by atoms with van der Waals surface area (Å²) in [5.74, 6) is 2.43. The molecule has 0 radical (unpaired) electrons. The van der Waals surface area contributed by atoms with E-state index >= 15 is 0 Å². The molecule has 1 unspecified atom stereocenters. The normalized spacial score (nSPS) is 11.9. The van der Waals surface area contributed by atoms with Crippen LogP contribution in [0.1, 0.15) is 36.3 Å². The molecule has 5 rings (SSSR count). The lowest BCUT2D eigenvalue weighted by Gasteiger charge is -2.14. The van der Waals surface area contributed by atoms with Gasteiger partial charge in [0.25, 0.3) is 0 Å². The van der Waals surface area contributed by atoms with Gasteiger partial charge in [-0.15, -0.1) is 15.3 Å². The van der Waals surface area contributed by atoms with Gasteiger partial charge in [-0.2, -0.15) is 4.68 Å². The fourth-order valence-electron chi connectivity index (χ4n) is 3.80. The standard InChI is InChI=1S/C26H25N7OS/c1-3-34-23-16-14-21(15-17-23)32-24(18-20-10-6-4-7-11-20)27-29-26(32)35-19(2)25-28-30-31-33(25)22-12-8-5-9-13-22/h4-17,19H,3,18H2,1-2H3. The number of aromatic nitrogens is 7. The summed E-state index contributed by atoms with van der Waals surface area (Å²) >= 11 is 1.57. The summed E-state index contributed by atoms with van der Waals surface area (Å²) < 4.78 is 9.49. The van der Waals surface area contributed by atoms with Crippen molar-refractivity contribution in [2.45, 2.75) is 30.7 Å². The Kier molecular flexibility index (Phi) is 6.85. The van der Waals surface area contributed by atoms with Crippen molar-refractivity contribution >= 4 is 11.8 Å². The molecule has 0 bridgehead atoms. The van der Waals surface area contributed by atoms with E-state index < -0.39 is 0 Å². The average molecular weight is 484 g/mol. The van der Waals surface area contributed by atoms with Gasteiger partial charge >= 0.3 is 0 Å². The number of para-hydroxylation sites is 1. The molecule has 0 aliphatic rings. The van der Waals surface area contributed by atoms with Crippen LogP contribution in [0.15, 0.2) is 90.1 Å². The van der Waals surface area contributed by atoms with Crippen molar-refractivity contribution < 1.29 is 4.74 Å². The lowest BCUT2D eigenvalue weighted by molar-refractivity contribution is 0.340. The number of benzene rings is 3. The summed E-state index contributed by atoms with van der Waals surface area (Å²) in [5.41, 5.74) is 3.06. The minimum absolute atomic E-state index is 0.0690. The van der Waals surface area contributed by atoms with Gasteiger partial charge in [0.05, 0.1) is 17.5 Å². The van der Waals surface area contributed by atoms with Gasteiger partial charge in [0, 0.05) is 12.1 Å². The summed E-state index contributed by atoms with van der Waals surface area (Å²) in [6.07, 6.45) is 0.664. The fourth-order valence-corrected chi connectivity index (χ4v) is 4.77. The highest BCUT2D eigenvalue weighted by Gasteiger charge is 2.22. The van der Waals surface area contributed by atoms with Crippen LogP contribution in [0.3, 0.4) is 0 Å². The van der Waals surface area contributed by atoms with Crippen molar-refractivity contribution in [3.63, 3.8) is 0 Å². The third kappa shape index (κ3) is 5.09. The van der Waals surface area contributed by atoms with Gasteiger partial charge in [0.15, 0.2) is 11.0 Å². The summed E-state index contributed by atoms with van der Waals surface area (Å²) in [4.78, 5) is 0. The molecular weight excluding hydrogens is 458 g/mol. The van der Waals surface area contributed by atoms with Crippen LogP contribution in [0, 0.1) is 0 Å². The first-order valence-corrected chi connectivity index (χ1v) is 12.3. The Hall–Kier alpha value is -3.98. The van der Waals surface area contributed by atoms with Crippen LogP contribution in [-0.2, 0) is 6.42 Å². The number of thioether (sulfide) groups is 1. The van der Waals surface area contributed by atoms with Crippen molar-refractivity contribution in [1.82, 2.24) is 35.0 Å². The smallest absolute Gasteiger partial charge is 0.196 e. The van der Waals surface area contributed by atoms with Crippen LogP contribution < -0.4 is 4.74 Å². The molecule has 8 nitrogen and oxygen atoms in total. The van der Waals surface area contributed by atoms with E-state index in [9.17, 15) is 0 Å². The number of hydrogen-bond acceptors (Lipinski definition) is 7. The Morgan fingerprint density at radius 2 is 1.54 bits per heavy atom. The van der Waals surface area contributed by atoms with Crippen LogP contribution in [0.25, 0.3) is 11.4 Å². The molecule has 9 heteroatoms. The summed E-state index contributed by atoms with van der Waals surface area (Å²) in [6.45, 7) is 4.68. The molecule has 0 amide bonds. The maximum absolute atomic E-state index is 5.63. The molecule has 1 atom stereocenters. The second kappa shape index (κ2) is 10.5. The van der Waals surface area contributed by atoms with Crippen LogP contribution in [0.4, 0.5) is 0 Å². The third-order valence-corrected chi connectivity index (χ3v) is 6.49. The zero-order chi connectivity index (χ0) is 24.0. The van der Waals surface area contributed by atoms with E-state index in [1.54, 1.807) is 16.4 Å². The largest absolute Gasteiger partial charge is 0.494 e. The maximum atomic E-state index is 5.63. The van der Waals surface area contributed by atoms with Gasteiger partial charge in [-0.05, 0) is 66.2 Å². The van der Waals surface area contributed by atoms with E-state index in [1.165, 1.54) is 5.56 Å². The first kappa shape index (κ1) is 22.8. The van der Waals surface area contributed by atoms with Crippen molar-refractivity contribution in [2.24, 2.45) is 0 Å². The van der Waals surface area contributed by atoms with E-state index in [0.29, 0.717) is 13.0 Å². The number of nitrogens with zero attached hydrogens (tertiary/aromatic N) is 7. The van der Waals surface area contributed by atoms with Crippen LogP contribution in [-0.4, -0.2) is 41.6 Å². The summed E-state index contributed by atoms with van der Waals surface area (Å²) in [6, 6.07) is 28.2. The highest BCUT2D eigenvalue weighted by molar-refractivity contribution is 7.99. The SMILES string of the molecule is CCOc1ccc(-n2c(Cc3ccccc3)nnc2SC(C)c2nnnn2-c2ccccc2)cc1. The van der Waals surface area contributed by atoms with Crippen LogP contribution in [0.2, 0.25) is 0 Å². The lowest BCUT2D eigenvalue weighted by atomic mass is 10.1. The zero-order valence-electron chi connectivity index (χ0n) is 19.5. The molecule has 0 saturated heterocycles. The van der Waals surface area contributed by atoms with Crippen LogP contribution in [0.5, 0.6) is 5.75 Å². The van der Waals surface area contributed by atoms with Gasteiger partial charge < -0.3 is 4.74 Å². The van der Waals surface area contributed by atoms with E-state index in [0.717, 1.165) is 33.9 Å². The minimum Gasteiger partial charge on any atom is -0.494 e. The van der Waals surface area contributed by atoms with E-state index in [2.05, 4.69) is 49.3 Å². The summed E-state index contributed by atoms with van der Waals surface area (Å²) in [7, 11) is 0. The topological polar surface area (TPSA) is 83.5 Å². The first-order valence-electron chi connectivity index (χ1n) is 11.4. The van der Waals surface area contributed by atoms with Gasteiger partial charge in [-0.25, -0.2) is 0 Å². The summed E-state index contributed by atoms with van der Waals surface area (Å²) in [5, 5.41) is 22.3. The van der Waals surface area contributed by atoms with Crippen molar-refractivity contribution in [1.29, 1.82) is 0 Å². The Morgan fingerprint density at radius 1 is 0.829 bits per heavy atom. The molecule has 35 heavy (non-hydrogen) atoms. The zero-order valence-corrected chi connectivity index (χ0v) is 20.3. The molecule has 5 aromatic rings. The molecule has 0 fully saturated rings. The molecule has 2 aromatic heterocycles. The maximum Gasteiger partial charge on any atom is 0.196 e. The molecule has 176 valence electrons. The average Bonchev–Trinajstić information content (AvgIpc) is 3.54. The predicted octanol–water partition coefficient (Wildman–Crippen LogP) is 5.09. The lowest BCUT2D eigenvalue weighted by Crippen LogP contribution is -2.07. The van der Waals surface area contributed by atoms with Gasteiger partial charge in [0.2, 0.25) is 0 Å². The Balaban J connectivity index is 1.49. The molecule has 0 spiro atoms. The van der Waals surface area contributed by atoms with Gasteiger partial charge in [0.1, 0.15) is 11.6 Å². The number of tetrazole rings is 1. The minimum atomic E-state index is -0.0690. The van der Waals surface area contributed by atoms with E-state index in [1.807, 2.05) is 79.7 Å². The van der Waals surface area contributed by atoms with Gasteiger partial charge in [-0.1, -0.05) is 60.3 Å². The number of hydrogen-bond donors (Lipinski definition) is 0. The molecular formula is C26H25N7OS. The predicted molar refractivity (Wildman–Crippen MR) is 135 cm³/mol. The second-order valence-corrected chi connectivity index (χ2v) is 9.18. The third-order valence-electron chi connectivity index (χ3n) is 5.45. The monoisotopic (exact) mass is 483 g/mol. The molecule has 0 aliphatic heterocycles. The second-order valence-electron chi connectivity index (χ2n) is 7.87. The Morgan fingerprint density at radius 3 is 2.26 bits per heavy atom. The Bertz CT molecular complexity index is 1370.